The third-order valence-electron chi connectivity index (χ3n) is 4.55. The van der Waals surface area contributed by atoms with Gasteiger partial charge < -0.3 is 9.73 Å². The lowest BCUT2D eigenvalue weighted by molar-refractivity contribution is -0.121. The highest BCUT2D eigenvalue weighted by atomic mass is 32.2. The molecular formula is C19H24N2O4S2. The summed E-state index contributed by atoms with van der Waals surface area (Å²) in [5.74, 6) is 2.46. The summed E-state index contributed by atoms with van der Waals surface area (Å²) < 4.78 is 30.2. The molecule has 2 aromatic rings. The van der Waals surface area contributed by atoms with Crippen LogP contribution in [0.25, 0.3) is 0 Å². The Balaban J connectivity index is 1.55. The van der Waals surface area contributed by atoms with E-state index in [2.05, 4.69) is 10.2 Å². The molecule has 146 valence electrons. The lowest BCUT2D eigenvalue weighted by Crippen LogP contribution is -2.42. The van der Waals surface area contributed by atoms with Crippen LogP contribution in [0.4, 0.5) is 0 Å². The number of benzene rings is 1. The van der Waals surface area contributed by atoms with Gasteiger partial charge >= 0.3 is 0 Å². The molecule has 1 aromatic carbocycles. The first-order chi connectivity index (χ1) is 13.1. The zero-order valence-electron chi connectivity index (χ0n) is 15.0. The van der Waals surface area contributed by atoms with Crippen LogP contribution in [0.5, 0.6) is 0 Å². The average Bonchev–Trinajstić information content (AvgIpc) is 3.23. The van der Waals surface area contributed by atoms with E-state index in [0.717, 1.165) is 30.4 Å². The molecule has 27 heavy (non-hydrogen) atoms. The molecule has 6 nitrogen and oxygen atoms in total. The second-order valence-electron chi connectivity index (χ2n) is 6.37. The molecule has 2 heterocycles. The summed E-state index contributed by atoms with van der Waals surface area (Å²) >= 11 is 1.92. The molecule has 0 unspecified atom stereocenters. The second kappa shape index (κ2) is 9.43. The molecular weight excluding hydrogens is 384 g/mol. The second-order valence-corrected chi connectivity index (χ2v) is 9.70. The summed E-state index contributed by atoms with van der Waals surface area (Å²) in [5, 5.41) is 2.88. The summed E-state index contributed by atoms with van der Waals surface area (Å²) in [7, 11) is -3.45. The van der Waals surface area contributed by atoms with E-state index in [0.29, 0.717) is 6.54 Å². The Bertz CT molecular complexity index is 817. The van der Waals surface area contributed by atoms with Crippen LogP contribution in [0, 0.1) is 0 Å². The Labute approximate surface area is 164 Å². The van der Waals surface area contributed by atoms with E-state index in [1.807, 2.05) is 23.9 Å². The van der Waals surface area contributed by atoms with Crippen molar-refractivity contribution in [3.05, 3.63) is 54.5 Å². The molecule has 0 radical (unpaired) electrons. The quantitative estimate of drug-likeness (QED) is 0.722. The van der Waals surface area contributed by atoms with Crippen molar-refractivity contribution in [1.82, 2.24) is 10.2 Å². The fourth-order valence-corrected chi connectivity index (χ4v) is 5.24. The smallest absolute Gasteiger partial charge is 0.221 e. The normalized spacial score (nSPS) is 16.7. The first-order valence-electron chi connectivity index (χ1n) is 8.96. The molecule has 1 fully saturated rings. The number of hydrogen-bond donors (Lipinski definition) is 1. The third-order valence-corrected chi connectivity index (χ3v) is 7.23. The molecule has 1 aliphatic heterocycles. The summed E-state index contributed by atoms with van der Waals surface area (Å²) in [6.07, 6.45) is 1.58. The van der Waals surface area contributed by atoms with Gasteiger partial charge in [0.25, 0.3) is 0 Å². The summed E-state index contributed by atoms with van der Waals surface area (Å²) in [6.45, 7) is 2.28. The summed E-state index contributed by atoms with van der Waals surface area (Å²) in [4.78, 5) is 14.8. The molecule has 1 aromatic heterocycles. The SMILES string of the molecule is O=C(CCS(=O)(=O)c1ccccc1)NC[C@@H](c1ccco1)N1CCSCC1. The van der Waals surface area contributed by atoms with Gasteiger partial charge in [0.1, 0.15) is 5.76 Å². The molecule has 3 rings (SSSR count). The molecule has 1 N–H and O–H groups in total. The lowest BCUT2D eigenvalue weighted by atomic mass is 10.2. The van der Waals surface area contributed by atoms with Crippen LogP contribution in [-0.4, -0.2) is 56.1 Å². The first-order valence-corrected chi connectivity index (χ1v) is 11.8. The topological polar surface area (TPSA) is 79.6 Å². The standard InChI is InChI=1S/C19H24N2O4S2/c22-19(8-14-27(23,24)16-5-2-1-3-6-16)20-15-17(18-7-4-11-25-18)21-9-12-26-13-10-21/h1-7,11,17H,8-10,12-15H2,(H,20,22)/t17-/m0/s1. The number of carbonyl (C=O) groups is 1. The third kappa shape index (κ3) is 5.60. The van der Waals surface area contributed by atoms with Crippen molar-refractivity contribution >= 4 is 27.5 Å². The number of carbonyl (C=O) groups excluding carboxylic acids is 1. The van der Waals surface area contributed by atoms with E-state index >= 15 is 0 Å². The predicted octanol–water partition coefficient (Wildman–Crippen LogP) is 2.35. The van der Waals surface area contributed by atoms with Crippen LogP contribution in [0.1, 0.15) is 18.2 Å². The number of nitrogens with zero attached hydrogens (tertiary/aromatic N) is 1. The number of thioether (sulfide) groups is 1. The zero-order valence-corrected chi connectivity index (χ0v) is 16.7. The molecule has 1 aliphatic rings. The van der Waals surface area contributed by atoms with Crippen LogP contribution in [0.2, 0.25) is 0 Å². The molecule has 1 saturated heterocycles. The van der Waals surface area contributed by atoms with E-state index in [4.69, 9.17) is 4.42 Å². The fourth-order valence-electron chi connectivity index (χ4n) is 3.05. The molecule has 8 heteroatoms. The van der Waals surface area contributed by atoms with Gasteiger partial charge in [-0.25, -0.2) is 8.42 Å². The van der Waals surface area contributed by atoms with Crippen molar-refractivity contribution in [2.75, 3.05) is 36.9 Å². The van der Waals surface area contributed by atoms with E-state index in [1.54, 1.807) is 36.6 Å². The molecule has 0 aliphatic carbocycles. The van der Waals surface area contributed by atoms with Gasteiger partial charge in [-0.3, -0.25) is 9.69 Å². The van der Waals surface area contributed by atoms with E-state index in [1.165, 1.54) is 0 Å². The number of nitrogens with one attached hydrogen (secondary N) is 1. The predicted molar refractivity (Wildman–Crippen MR) is 106 cm³/mol. The number of furan rings is 1. The minimum Gasteiger partial charge on any atom is -0.468 e. The van der Waals surface area contributed by atoms with E-state index in [9.17, 15) is 13.2 Å². The van der Waals surface area contributed by atoms with E-state index < -0.39 is 9.84 Å². The Kier molecular flexibility index (Phi) is 6.98. The maximum atomic E-state index is 12.3. The minimum absolute atomic E-state index is 0.0319. The van der Waals surface area contributed by atoms with Crippen LogP contribution in [0.3, 0.4) is 0 Å². The maximum Gasteiger partial charge on any atom is 0.221 e. The van der Waals surface area contributed by atoms with Crippen molar-refractivity contribution < 1.29 is 17.6 Å². The Hall–Kier alpha value is -1.77. The Morgan fingerprint density at radius 2 is 1.89 bits per heavy atom. The number of amides is 1. The van der Waals surface area contributed by atoms with Gasteiger partial charge in [0.2, 0.25) is 5.91 Å². The molecule has 0 bridgehead atoms. The summed E-state index contributed by atoms with van der Waals surface area (Å²) in [6, 6.07) is 11.9. The van der Waals surface area contributed by atoms with Crippen LogP contribution < -0.4 is 5.32 Å². The Morgan fingerprint density at radius 3 is 2.56 bits per heavy atom. The van der Waals surface area contributed by atoms with Crippen LogP contribution in [-0.2, 0) is 14.6 Å². The van der Waals surface area contributed by atoms with Gasteiger partial charge in [-0.05, 0) is 24.3 Å². The van der Waals surface area contributed by atoms with Crippen LogP contribution >= 0.6 is 11.8 Å². The van der Waals surface area contributed by atoms with E-state index in [-0.39, 0.29) is 29.0 Å². The van der Waals surface area contributed by atoms with Crippen LogP contribution in [0.15, 0.2) is 58.0 Å². The largest absolute Gasteiger partial charge is 0.468 e. The molecule has 0 spiro atoms. The zero-order chi connectivity index (χ0) is 19.1. The van der Waals surface area contributed by atoms with Crippen molar-refractivity contribution in [2.45, 2.75) is 17.4 Å². The Morgan fingerprint density at radius 1 is 1.15 bits per heavy atom. The highest BCUT2D eigenvalue weighted by Gasteiger charge is 2.25. The average molecular weight is 409 g/mol. The molecule has 0 saturated carbocycles. The van der Waals surface area contributed by atoms with Gasteiger partial charge in [-0.2, -0.15) is 11.8 Å². The maximum absolute atomic E-state index is 12.3. The van der Waals surface area contributed by atoms with Gasteiger partial charge in [-0.1, -0.05) is 18.2 Å². The summed E-state index contributed by atoms with van der Waals surface area (Å²) in [5.41, 5.74) is 0. The molecule has 1 amide bonds. The lowest BCUT2D eigenvalue weighted by Gasteiger charge is -2.33. The van der Waals surface area contributed by atoms with Gasteiger partial charge in [0.05, 0.1) is 23.0 Å². The minimum atomic E-state index is -3.45. The monoisotopic (exact) mass is 408 g/mol. The molecule has 1 atom stereocenters. The first kappa shape index (κ1) is 20.0. The fraction of sp³-hybridized carbons (Fsp3) is 0.421. The number of hydrogen-bond acceptors (Lipinski definition) is 6. The van der Waals surface area contributed by atoms with Gasteiger partial charge in [0, 0.05) is 37.6 Å². The van der Waals surface area contributed by atoms with Crippen molar-refractivity contribution in [3.8, 4) is 0 Å². The van der Waals surface area contributed by atoms with Gasteiger partial charge in [0.15, 0.2) is 9.84 Å². The van der Waals surface area contributed by atoms with Crippen molar-refractivity contribution in [2.24, 2.45) is 0 Å². The van der Waals surface area contributed by atoms with Gasteiger partial charge in [-0.15, -0.1) is 0 Å². The van der Waals surface area contributed by atoms with Crippen molar-refractivity contribution in [1.29, 1.82) is 0 Å². The number of rotatable bonds is 8. The van der Waals surface area contributed by atoms with Crippen molar-refractivity contribution in [3.63, 3.8) is 0 Å². The highest BCUT2D eigenvalue weighted by Crippen LogP contribution is 2.24. The number of sulfone groups is 1. The highest BCUT2D eigenvalue weighted by molar-refractivity contribution is 7.99.